The Kier molecular flexibility index (Phi) is 4.05. The lowest BCUT2D eigenvalue weighted by atomic mass is 10.3. The van der Waals surface area contributed by atoms with Gasteiger partial charge in [0.15, 0.2) is 5.11 Å². The van der Waals surface area contributed by atoms with Crippen molar-refractivity contribution < 1.29 is 4.79 Å². The molecule has 0 aliphatic heterocycles. The van der Waals surface area contributed by atoms with E-state index in [2.05, 4.69) is 10.6 Å². The molecule has 0 saturated heterocycles. The summed E-state index contributed by atoms with van der Waals surface area (Å²) in [7, 11) is 0. The van der Waals surface area contributed by atoms with Gasteiger partial charge in [0, 0.05) is 5.69 Å². The van der Waals surface area contributed by atoms with Gasteiger partial charge in [0.2, 0.25) is 5.91 Å². The van der Waals surface area contributed by atoms with Crippen molar-refractivity contribution in [3.63, 3.8) is 0 Å². The summed E-state index contributed by atoms with van der Waals surface area (Å²) >= 11 is 5.00. The van der Waals surface area contributed by atoms with Crippen LogP contribution in [0.25, 0.3) is 0 Å². The summed E-state index contributed by atoms with van der Waals surface area (Å²) in [4.78, 5) is 10.8. The molecule has 0 radical (unpaired) electrons. The molecule has 1 aromatic carbocycles. The van der Waals surface area contributed by atoms with Crippen LogP contribution in [0.15, 0.2) is 30.3 Å². The number of primary amides is 1. The lowest BCUT2D eigenvalue weighted by molar-refractivity contribution is -0.119. The first-order valence-electron chi connectivity index (χ1n) is 4.51. The van der Waals surface area contributed by atoms with E-state index in [1.54, 1.807) is 6.92 Å². The maximum absolute atomic E-state index is 10.8. The SMILES string of the molecule is C[C@H](NC(=S)Nc1ccccc1)C(N)=O. The van der Waals surface area contributed by atoms with Gasteiger partial charge in [0.25, 0.3) is 0 Å². The quantitative estimate of drug-likeness (QED) is 0.664. The summed E-state index contributed by atoms with van der Waals surface area (Å²) in [5.74, 6) is -0.438. The van der Waals surface area contributed by atoms with Crippen LogP contribution in [-0.4, -0.2) is 17.1 Å². The van der Waals surface area contributed by atoms with Crippen LogP contribution in [0.1, 0.15) is 6.92 Å². The summed E-state index contributed by atoms with van der Waals surface area (Å²) in [6.07, 6.45) is 0. The van der Waals surface area contributed by atoms with Crippen LogP contribution in [0.2, 0.25) is 0 Å². The van der Waals surface area contributed by atoms with Crippen LogP contribution in [0.3, 0.4) is 0 Å². The minimum atomic E-state index is -0.478. The summed E-state index contributed by atoms with van der Waals surface area (Å²) in [5, 5.41) is 6.10. The second-order valence-corrected chi connectivity index (χ2v) is 3.50. The molecule has 0 aliphatic rings. The predicted molar refractivity (Wildman–Crippen MR) is 64.5 cm³/mol. The molecule has 5 heteroatoms. The number of rotatable bonds is 3. The largest absolute Gasteiger partial charge is 0.368 e. The van der Waals surface area contributed by atoms with Gasteiger partial charge in [0.05, 0.1) is 0 Å². The summed E-state index contributed by atoms with van der Waals surface area (Å²) in [5.41, 5.74) is 5.96. The predicted octanol–water partition coefficient (Wildman–Crippen LogP) is 0.847. The molecule has 0 unspecified atom stereocenters. The van der Waals surface area contributed by atoms with E-state index < -0.39 is 11.9 Å². The van der Waals surface area contributed by atoms with Gasteiger partial charge in [-0.15, -0.1) is 0 Å². The summed E-state index contributed by atoms with van der Waals surface area (Å²) in [6, 6.07) is 8.97. The molecule has 0 fully saturated rings. The van der Waals surface area contributed by atoms with Gasteiger partial charge >= 0.3 is 0 Å². The minimum Gasteiger partial charge on any atom is -0.368 e. The molecule has 1 amide bonds. The van der Waals surface area contributed by atoms with Gasteiger partial charge in [-0.2, -0.15) is 0 Å². The first kappa shape index (κ1) is 11.5. The van der Waals surface area contributed by atoms with Crippen LogP contribution in [-0.2, 0) is 4.79 Å². The van der Waals surface area contributed by atoms with Crippen molar-refractivity contribution in [3.8, 4) is 0 Å². The monoisotopic (exact) mass is 223 g/mol. The Morgan fingerprint density at radius 1 is 1.40 bits per heavy atom. The van der Waals surface area contributed by atoms with Crippen LogP contribution in [0.4, 0.5) is 5.69 Å². The third kappa shape index (κ3) is 3.95. The van der Waals surface area contributed by atoms with E-state index in [0.29, 0.717) is 5.11 Å². The lowest BCUT2D eigenvalue weighted by Crippen LogP contribution is -2.43. The van der Waals surface area contributed by atoms with Crippen molar-refractivity contribution in [2.24, 2.45) is 5.73 Å². The maximum Gasteiger partial charge on any atom is 0.239 e. The Bertz CT molecular complexity index is 353. The number of hydrogen-bond donors (Lipinski definition) is 3. The number of nitrogens with one attached hydrogen (secondary N) is 2. The Morgan fingerprint density at radius 3 is 2.53 bits per heavy atom. The zero-order valence-electron chi connectivity index (χ0n) is 8.36. The van der Waals surface area contributed by atoms with E-state index >= 15 is 0 Å². The van der Waals surface area contributed by atoms with E-state index in [1.165, 1.54) is 0 Å². The highest BCUT2D eigenvalue weighted by Gasteiger charge is 2.08. The van der Waals surface area contributed by atoms with Crippen LogP contribution in [0.5, 0.6) is 0 Å². The highest BCUT2D eigenvalue weighted by Crippen LogP contribution is 2.04. The van der Waals surface area contributed by atoms with E-state index in [0.717, 1.165) is 5.69 Å². The number of nitrogens with two attached hydrogens (primary N) is 1. The molecule has 80 valence electrons. The molecule has 0 spiro atoms. The molecule has 1 rings (SSSR count). The molecule has 1 atom stereocenters. The van der Waals surface area contributed by atoms with Crippen molar-refractivity contribution in [2.45, 2.75) is 13.0 Å². The van der Waals surface area contributed by atoms with Gasteiger partial charge < -0.3 is 16.4 Å². The highest BCUT2D eigenvalue weighted by molar-refractivity contribution is 7.80. The van der Waals surface area contributed by atoms with Crippen molar-refractivity contribution in [2.75, 3.05) is 5.32 Å². The first-order valence-corrected chi connectivity index (χ1v) is 4.92. The zero-order chi connectivity index (χ0) is 11.3. The standard InChI is InChI=1S/C10H13N3OS/c1-7(9(11)14)12-10(15)13-8-5-3-2-4-6-8/h2-7H,1H3,(H2,11,14)(H2,12,13,15)/t7-/m0/s1. The third-order valence-electron chi connectivity index (χ3n) is 1.81. The lowest BCUT2D eigenvalue weighted by Gasteiger charge is -2.13. The van der Waals surface area contributed by atoms with Gasteiger partial charge in [0.1, 0.15) is 6.04 Å². The van der Waals surface area contributed by atoms with Crippen molar-refractivity contribution in [1.29, 1.82) is 0 Å². The fourth-order valence-corrected chi connectivity index (χ4v) is 1.25. The van der Waals surface area contributed by atoms with Crippen LogP contribution >= 0.6 is 12.2 Å². The normalized spacial score (nSPS) is 11.5. The topological polar surface area (TPSA) is 67.2 Å². The molecule has 0 saturated carbocycles. The highest BCUT2D eigenvalue weighted by atomic mass is 32.1. The first-order chi connectivity index (χ1) is 7.09. The molecule has 0 heterocycles. The van der Waals surface area contributed by atoms with Gasteiger partial charge in [-0.3, -0.25) is 4.79 Å². The van der Waals surface area contributed by atoms with Crippen LogP contribution in [0, 0.1) is 0 Å². The molecule has 4 nitrogen and oxygen atoms in total. The Labute approximate surface area is 93.9 Å². The smallest absolute Gasteiger partial charge is 0.239 e. The summed E-state index contributed by atoms with van der Waals surface area (Å²) in [6.45, 7) is 1.65. The molecule has 15 heavy (non-hydrogen) atoms. The van der Waals surface area contributed by atoms with Crippen LogP contribution < -0.4 is 16.4 Å². The summed E-state index contributed by atoms with van der Waals surface area (Å²) < 4.78 is 0. The average Bonchev–Trinajstić information content (AvgIpc) is 2.18. The van der Waals surface area contributed by atoms with E-state index in [-0.39, 0.29) is 0 Å². The molecule has 1 aromatic rings. The Balaban J connectivity index is 2.47. The molecular weight excluding hydrogens is 210 g/mol. The third-order valence-corrected chi connectivity index (χ3v) is 2.03. The fraction of sp³-hybridized carbons (Fsp3) is 0.200. The van der Waals surface area contributed by atoms with Gasteiger partial charge in [-0.25, -0.2) is 0 Å². The average molecular weight is 223 g/mol. The molecule has 0 aromatic heterocycles. The number of carbonyl (C=O) groups is 1. The van der Waals surface area contributed by atoms with Crippen molar-refractivity contribution in [1.82, 2.24) is 5.32 Å². The van der Waals surface area contributed by atoms with E-state index in [4.69, 9.17) is 18.0 Å². The number of carbonyl (C=O) groups excluding carboxylic acids is 1. The number of hydrogen-bond acceptors (Lipinski definition) is 2. The molecule has 0 aliphatic carbocycles. The fourth-order valence-electron chi connectivity index (χ4n) is 0.956. The van der Waals surface area contributed by atoms with Gasteiger partial charge in [-0.1, -0.05) is 18.2 Å². The Hall–Kier alpha value is -1.62. The number of amides is 1. The molecule has 0 bridgehead atoms. The number of para-hydroxylation sites is 1. The maximum atomic E-state index is 10.8. The molecule has 4 N–H and O–H groups in total. The second kappa shape index (κ2) is 5.31. The second-order valence-electron chi connectivity index (χ2n) is 3.09. The van der Waals surface area contributed by atoms with E-state index in [9.17, 15) is 4.79 Å². The van der Waals surface area contributed by atoms with Crippen molar-refractivity contribution in [3.05, 3.63) is 30.3 Å². The Morgan fingerprint density at radius 2 is 2.00 bits per heavy atom. The number of thiocarbonyl (C=S) groups is 1. The van der Waals surface area contributed by atoms with Gasteiger partial charge in [-0.05, 0) is 31.3 Å². The zero-order valence-corrected chi connectivity index (χ0v) is 9.17. The number of anilines is 1. The van der Waals surface area contributed by atoms with E-state index in [1.807, 2.05) is 30.3 Å². The number of benzene rings is 1. The molecular formula is C10H13N3OS. The minimum absolute atomic E-state index is 0.382. The van der Waals surface area contributed by atoms with Crippen molar-refractivity contribution >= 4 is 28.9 Å².